The first-order chi connectivity index (χ1) is 9.70. The van der Waals surface area contributed by atoms with Crippen LogP contribution < -0.4 is 5.73 Å². The van der Waals surface area contributed by atoms with Crippen molar-refractivity contribution in [2.75, 3.05) is 38.6 Å². The molecule has 7 nitrogen and oxygen atoms in total. The fourth-order valence-electron chi connectivity index (χ4n) is 2.78. The van der Waals surface area contributed by atoms with Gasteiger partial charge in [0.05, 0.1) is 18.9 Å². The zero-order valence-corrected chi connectivity index (χ0v) is 12.2. The third-order valence-electron chi connectivity index (χ3n) is 3.90. The summed E-state index contributed by atoms with van der Waals surface area (Å²) in [6.07, 6.45) is 0.872. The molecule has 0 amide bonds. The van der Waals surface area contributed by atoms with E-state index in [1.165, 1.54) is 0 Å². The molecule has 3 rings (SSSR count). The zero-order valence-electron chi connectivity index (χ0n) is 12.2. The molecule has 2 aromatic rings. The van der Waals surface area contributed by atoms with Crippen LogP contribution in [0.2, 0.25) is 0 Å². The van der Waals surface area contributed by atoms with Crippen LogP contribution >= 0.6 is 0 Å². The molecule has 7 heteroatoms. The van der Waals surface area contributed by atoms with Crippen molar-refractivity contribution in [2.24, 2.45) is 7.05 Å². The number of hydrogen-bond donors (Lipinski definition) is 1. The number of hydrogen-bond acceptors (Lipinski definition) is 5. The Labute approximate surface area is 118 Å². The summed E-state index contributed by atoms with van der Waals surface area (Å²) in [5.41, 5.74) is 9.05. The van der Waals surface area contributed by atoms with Crippen molar-refractivity contribution >= 4 is 17.1 Å². The molecule has 0 bridgehead atoms. The van der Waals surface area contributed by atoms with Gasteiger partial charge in [-0.25, -0.2) is 4.98 Å². The van der Waals surface area contributed by atoms with Crippen LogP contribution in [-0.2, 0) is 24.8 Å². The summed E-state index contributed by atoms with van der Waals surface area (Å²) >= 11 is 0. The number of aryl methyl sites for hydroxylation is 2. The van der Waals surface area contributed by atoms with Crippen LogP contribution in [0.1, 0.15) is 12.6 Å². The van der Waals surface area contributed by atoms with Gasteiger partial charge in [0, 0.05) is 33.2 Å². The molecular formula is C13H22N6O. The monoisotopic (exact) mass is 278 g/mol. The molecule has 0 aliphatic carbocycles. The van der Waals surface area contributed by atoms with Gasteiger partial charge in [-0.3, -0.25) is 14.1 Å². The molecule has 0 unspecified atom stereocenters. The van der Waals surface area contributed by atoms with E-state index in [1.807, 2.05) is 11.7 Å². The van der Waals surface area contributed by atoms with E-state index >= 15 is 0 Å². The van der Waals surface area contributed by atoms with Crippen molar-refractivity contribution in [2.45, 2.75) is 19.9 Å². The highest BCUT2D eigenvalue weighted by Crippen LogP contribution is 2.21. The quantitative estimate of drug-likeness (QED) is 0.867. The topological polar surface area (TPSA) is 74.1 Å². The molecule has 3 heterocycles. The van der Waals surface area contributed by atoms with E-state index in [0.29, 0.717) is 5.95 Å². The van der Waals surface area contributed by atoms with E-state index in [-0.39, 0.29) is 0 Å². The van der Waals surface area contributed by atoms with E-state index in [2.05, 4.69) is 26.5 Å². The maximum absolute atomic E-state index is 6.07. The lowest BCUT2D eigenvalue weighted by molar-refractivity contribution is 0.0365. The molecule has 0 saturated carbocycles. The maximum atomic E-state index is 6.07. The largest absolute Gasteiger partial charge is 0.379 e. The predicted molar refractivity (Wildman–Crippen MR) is 77.5 cm³/mol. The zero-order chi connectivity index (χ0) is 14.1. The number of nitrogen functional groups attached to an aromatic ring is 1. The summed E-state index contributed by atoms with van der Waals surface area (Å²) in [6.45, 7) is 7.51. The van der Waals surface area contributed by atoms with Gasteiger partial charge < -0.3 is 10.5 Å². The summed E-state index contributed by atoms with van der Waals surface area (Å²) in [7, 11) is 1.95. The first-order valence-corrected chi connectivity index (χ1v) is 7.18. The summed E-state index contributed by atoms with van der Waals surface area (Å²) in [5.74, 6) is 0.580. The molecule has 110 valence electrons. The SMILES string of the molecule is CCc1nn(C)c2c1nc(N)n2CCN1CCOCC1. The van der Waals surface area contributed by atoms with Gasteiger partial charge in [0.1, 0.15) is 5.52 Å². The number of anilines is 1. The predicted octanol–water partition coefficient (Wildman–Crippen LogP) is 0.247. The van der Waals surface area contributed by atoms with Crippen molar-refractivity contribution in [3.8, 4) is 0 Å². The Balaban J connectivity index is 1.83. The summed E-state index contributed by atoms with van der Waals surface area (Å²) in [5, 5.41) is 4.51. The Morgan fingerprint density at radius 3 is 2.70 bits per heavy atom. The minimum atomic E-state index is 0.580. The average molecular weight is 278 g/mol. The molecular weight excluding hydrogens is 256 g/mol. The third-order valence-corrected chi connectivity index (χ3v) is 3.90. The number of fused-ring (bicyclic) bond motifs is 1. The fraction of sp³-hybridized carbons (Fsp3) is 0.692. The van der Waals surface area contributed by atoms with Gasteiger partial charge in [0.2, 0.25) is 5.95 Å². The molecule has 1 saturated heterocycles. The van der Waals surface area contributed by atoms with E-state index < -0.39 is 0 Å². The average Bonchev–Trinajstić information content (AvgIpc) is 2.95. The Morgan fingerprint density at radius 1 is 1.25 bits per heavy atom. The van der Waals surface area contributed by atoms with Gasteiger partial charge >= 0.3 is 0 Å². The summed E-state index contributed by atoms with van der Waals surface area (Å²) < 4.78 is 9.32. The van der Waals surface area contributed by atoms with Crippen LogP contribution in [0.4, 0.5) is 5.95 Å². The molecule has 2 aromatic heterocycles. The highest BCUT2D eigenvalue weighted by atomic mass is 16.5. The van der Waals surface area contributed by atoms with Crippen LogP contribution in [0.25, 0.3) is 11.2 Å². The summed E-state index contributed by atoms with van der Waals surface area (Å²) in [6, 6.07) is 0. The lowest BCUT2D eigenvalue weighted by Gasteiger charge is -2.26. The number of aromatic nitrogens is 4. The van der Waals surface area contributed by atoms with Crippen molar-refractivity contribution in [3.63, 3.8) is 0 Å². The van der Waals surface area contributed by atoms with Crippen LogP contribution in [0.15, 0.2) is 0 Å². The van der Waals surface area contributed by atoms with Crippen molar-refractivity contribution in [3.05, 3.63) is 5.69 Å². The number of rotatable bonds is 4. The van der Waals surface area contributed by atoms with Gasteiger partial charge in [-0.05, 0) is 6.42 Å². The minimum Gasteiger partial charge on any atom is -0.379 e. The van der Waals surface area contributed by atoms with E-state index in [0.717, 1.165) is 62.7 Å². The molecule has 1 aliphatic rings. The van der Waals surface area contributed by atoms with Gasteiger partial charge in [0.15, 0.2) is 5.65 Å². The van der Waals surface area contributed by atoms with E-state index in [9.17, 15) is 0 Å². The molecule has 20 heavy (non-hydrogen) atoms. The number of nitrogens with two attached hydrogens (primary N) is 1. The Hall–Kier alpha value is -1.60. The molecule has 1 aliphatic heterocycles. The highest BCUT2D eigenvalue weighted by molar-refractivity contribution is 5.77. The highest BCUT2D eigenvalue weighted by Gasteiger charge is 2.18. The summed E-state index contributed by atoms with van der Waals surface area (Å²) in [4.78, 5) is 6.88. The normalized spacial score (nSPS) is 17.1. The van der Waals surface area contributed by atoms with Crippen molar-refractivity contribution in [1.29, 1.82) is 0 Å². The van der Waals surface area contributed by atoms with E-state index in [4.69, 9.17) is 10.5 Å². The molecule has 2 N–H and O–H groups in total. The lowest BCUT2D eigenvalue weighted by Crippen LogP contribution is -2.38. The van der Waals surface area contributed by atoms with Crippen LogP contribution in [0.3, 0.4) is 0 Å². The Kier molecular flexibility index (Phi) is 3.62. The number of ether oxygens (including phenoxy) is 1. The molecule has 0 radical (unpaired) electrons. The van der Waals surface area contributed by atoms with E-state index in [1.54, 1.807) is 0 Å². The fourth-order valence-corrected chi connectivity index (χ4v) is 2.78. The van der Waals surface area contributed by atoms with Gasteiger partial charge in [0.25, 0.3) is 0 Å². The third kappa shape index (κ3) is 2.27. The lowest BCUT2D eigenvalue weighted by atomic mass is 10.3. The number of nitrogens with zero attached hydrogens (tertiary/aromatic N) is 5. The van der Waals surface area contributed by atoms with Crippen molar-refractivity contribution < 1.29 is 4.74 Å². The second-order valence-electron chi connectivity index (χ2n) is 5.17. The molecule has 0 atom stereocenters. The Bertz CT molecular complexity index is 596. The standard InChI is InChI=1S/C13H22N6O/c1-3-10-11-12(17(2)16-10)19(13(14)15-11)5-4-18-6-8-20-9-7-18/h3-9H2,1-2H3,(H2,14,15). The smallest absolute Gasteiger partial charge is 0.202 e. The van der Waals surface area contributed by atoms with Crippen LogP contribution in [0.5, 0.6) is 0 Å². The van der Waals surface area contributed by atoms with Crippen LogP contribution in [0, 0.1) is 0 Å². The second kappa shape index (κ2) is 5.41. The maximum Gasteiger partial charge on any atom is 0.202 e. The van der Waals surface area contributed by atoms with Gasteiger partial charge in [-0.15, -0.1) is 0 Å². The first-order valence-electron chi connectivity index (χ1n) is 7.18. The minimum absolute atomic E-state index is 0.580. The number of morpholine rings is 1. The van der Waals surface area contributed by atoms with Gasteiger partial charge in [-0.1, -0.05) is 6.92 Å². The molecule has 1 fully saturated rings. The van der Waals surface area contributed by atoms with Gasteiger partial charge in [-0.2, -0.15) is 5.10 Å². The Morgan fingerprint density at radius 2 is 2.00 bits per heavy atom. The number of imidazole rings is 1. The molecule has 0 aromatic carbocycles. The second-order valence-corrected chi connectivity index (χ2v) is 5.17. The van der Waals surface area contributed by atoms with Crippen LogP contribution in [-0.4, -0.2) is 57.1 Å². The van der Waals surface area contributed by atoms with Crippen molar-refractivity contribution in [1.82, 2.24) is 24.2 Å². The first kappa shape index (κ1) is 13.4. The molecule has 0 spiro atoms.